The maximum absolute atomic E-state index is 13.8. The molecule has 8 nitrogen and oxygen atoms in total. The standard InChI is InChI=1S/C25H26N2O6S/c1-27(2)20-15-9-11-8-13-12(17-4-3-7-34-17)5-6-16(28)19(13)22(30)18(11)23(31)25(15,33)10-14(21(20)29)24(26)32/h3-7,11,14-15,18,20,28,33H,8-10H2,1-2H3,(H2,26,32). The molecule has 2 aromatic rings. The number of carbonyl (C=O) groups is 4. The summed E-state index contributed by atoms with van der Waals surface area (Å²) in [6, 6.07) is 6.20. The first kappa shape index (κ1) is 22.9. The van der Waals surface area contributed by atoms with Crippen LogP contribution >= 0.6 is 11.3 Å². The zero-order valence-electron chi connectivity index (χ0n) is 18.9. The second-order valence-electron chi connectivity index (χ2n) is 9.87. The molecule has 1 amide bonds. The van der Waals surface area contributed by atoms with E-state index in [1.54, 1.807) is 25.1 Å². The third-order valence-electron chi connectivity index (χ3n) is 7.85. The zero-order chi connectivity index (χ0) is 24.5. The Bertz CT molecular complexity index is 1220. The highest BCUT2D eigenvalue weighted by Crippen LogP contribution is 2.52. The van der Waals surface area contributed by atoms with E-state index in [1.165, 1.54) is 17.4 Å². The lowest BCUT2D eigenvalue weighted by atomic mass is 9.52. The van der Waals surface area contributed by atoms with Crippen molar-refractivity contribution >= 4 is 34.6 Å². The van der Waals surface area contributed by atoms with Crippen LogP contribution in [0.2, 0.25) is 0 Å². The van der Waals surface area contributed by atoms with Crippen molar-refractivity contribution in [2.45, 2.75) is 30.9 Å². The fourth-order valence-corrected chi connectivity index (χ4v) is 7.15. The highest BCUT2D eigenvalue weighted by molar-refractivity contribution is 7.13. The van der Waals surface area contributed by atoms with Gasteiger partial charge in [0.15, 0.2) is 17.3 Å². The maximum atomic E-state index is 13.8. The smallest absolute Gasteiger partial charge is 0.228 e. The number of fused-ring (bicyclic) bond motifs is 3. The van der Waals surface area contributed by atoms with Gasteiger partial charge < -0.3 is 15.9 Å². The van der Waals surface area contributed by atoms with Crippen LogP contribution in [0, 0.1) is 23.7 Å². The Morgan fingerprint density at radius 3 is 2.56 bits per heavy atom. The van der Waals surface area contributed by atoms with E-state index in [4.69, 9.17) is 5.73 Å². The number of aromatic hydroxyl groups is 1. The van der Waals surface area contributed by atoms with Crippen molar-refractivity contribution in [1.82, 2.24) is 4.90 Å². The Morgan fingerprint density at radius 2 is 1.94 bits per heavy atom. The number of rotatable bonds is 3. The molecule has 9 heteroatoms. The number of phenolic OH excluding ortho intramolecular Hbond substituents is 1. The summed E-state index contributed by atoms with van der Waals surface area (Å²) in [5.74, 6) is -6.35. The molecule has 2 saturated carbocycles. The summed E-state index contributed by atoms with van der Waals surface area (Å²) >= 11 is 1.52. The van der Waals surface area contributed by atoms with Crippen LogP contribution in [0.3, 0.4) is 0 Å². The van der Waals surface area contributed by atoms with Crippen LogP contribution in [0.1, 0.15) is 28.8 Å². The van der Waals surface area contributed by atoms with Crippen molar-refractivity contribution in [3.63, 3.8) is 0 Å². The van der Waals surface area contributed by atoms with Crippen LogP contribution in [0.25, 0.3) is 10.4 Å². The molecule has 2 fully saturated rings. The Morgan fingerprint density at radius 1 is 1.21 bits per heavy atom. The first-order valence-electron chi connectivity index (χ1n) is 11.2. The van der Waals surface area contributed by atoms with E-state index in [2.05, 4.69) is 0 Å². The van der Waals surface area contributed by atoms with Crippen molar-refractivity contribution in [2.24, 2.45) is 29.4 Å². The number of nitrogens with two attached hydrogens (primary N) is 1. The summed E-state index contributed by atoms with van der Waals surface area (Å²) in [5.41, 5.74) is 5.06. The van der Waals surface area contributed by atoms with E-state index >= 15 is 0 Å². The van der Waals surface area contributed by atoms with E-state index in [9.17, 15) is 29.4 Å². The third kappa shape index (κ3) is 3.10. The highest BCUT2D eigenvalue weighted by Gasteiger charge is 2.64. The second kappa shape index (κ2) is 7.83. The fraction of sp³-hybridized carbons (Fsp3) is 0.440. The number of benzene rings is 1. The average molecular weight is 483 g/mol. The molecule has 0 saturated heterocycles. The summed E-state index contributed by atoms with van der Waals surface area (Å²) < 4.78 is 0. The molecule has 6 unspecified atom stereocenters. The van der Waals surface area contributed by atoms with Gasteiger partial charge in [0.05, 0.1) is 17.5 Å². The second-order valence-corrected chi connectivity index (χ2v) is 10.8. The number of Topliss-reactive ketones (excluding diaryl/α,β-unsaturated/α-hetero) is 3. The summed E-state index contributed by atoms with van der Waals surface area (Å²) in [6.07, 6.45) is 0.205. The Hall–Kier alpha value is -2.88. The van der Waals surface area contributed by atoms with Crippen LogP contribution < -0.4 is 5.73 Å². The van der Waals surface area contributed by atoms with Crippen LogP contribution in [0.5, 0.6) is 5.75 Å². The largest absolute Gasteiger partial charge is 0.507 e. The maximum Gasteiger partial charge on any atom is 0.228 e. The van der Waals surface area contributed by atoms with Gasteiger partial charge in [0.2, 0.25) is 5.91 Å². The number of phenols is 1. The molecule has 0 radical (unpaired) electrons. The van der Waals surface area contributed by atoms with Gasteiger partial charge in [-0.3, -0.25) is 24.1 Å². The molecule has 0 aliphatic heterocycles. The molecular weight excluding hydrogens is 456 g/mol. The molecule has 3 aliphatic rings. The first-order valence-corrected chi connectivity index (χ1v) is 12.1. The van der Waals surface area contributed by atoms with Gasteiger partial charge in [-0.15, -0.1) is 11.3 Å². The van der Waals surface area contributed by atoms with E-state index in [0.717, 1.165) is 10.4 Å². The van der Waals surface area contributed by atoms with Gasteiger partial charge in [-0.2, -0.15) is 0 Å². The van der Waals surface area contributed by atoms with Gasteiger partial charge in [-0.1, -0.05) is 6.07 Å². The van der Waals surface area contributed by atoms with Crippen LogP contribution in [-0.4, -0.2) is 64.1 Å². The van der Waals surface area contributed by atoms with E-state index in [1.807, 2.05) is 17.5 Å². The van der Waals surface area contributed by atoms with Gasteiger partial charge in [0.1, 0.15) is 17.3 Å². The van der Waals surface area contributed by atoms with Crippen molar-refractivity contribution in [3.05, 3.63) is 40.8 Å². The number of aliphatic hydroxyl groups is 1. The predicted octanol–water partition coefficient (Wildman–Crippen LogP) is 1.42. The SMILES string of the molecule is CN(C)C1C(=O)C(C(N)=O)CC2(O)C(=O)C3C(=O)c4c(O)ccc(-c5cccs5)c4CC3CC12. The number of thiophene rings is 1. The van der Waals surface area contributed by atoms with Crippen molar-refractivity contribution < 1.29 is 29.4 Å². The molecule has 6 atom stereocenters. The number of nitrogens with zero attached hydrogens (tertiary/aromatic N) is 1. The molecule has 0 bridgehead atoms. The molecule has 4 N–H and O–H groups in total. The minimum atomic E-state index is -2.03. The molecule has 1 aromatic carbocycles. The summed E-state index contributed by atoms with van der Waals surface area (Å²) in [6.45, 7) is 0. The van der Waals surface area contributed by atoms with Crippen molar-refractivity contribution in [3.8, 4) is 16.2 Å². The molecule has 3 aliphatic carbocycles. The van der Waals surface area contributed by atoms with E-state index < -0.39 is 65.0 Å². The molecule has 178 valence electrons. The number of likely N-dealkylation sites (N-methyl/N-ethyl adjacent to an activating group) is 1. The van der Waals surface area contributed by atoms with Gasteiger partial charge >= 0.3 is 0 Å². The number of amides is 1. The number of primary amides is 1. The first-order chi connectivity index (χ1) is 16.1. The number of hydrogen-bond donors (Lipinski definition) is 3. The molecule has 5 rings (SSSR count). The number of hydrogen-bond acceptors (Lipinski definition) is 8. The fourth-order valence-electron chi connectivity index (χ4n) is 6.37. The highest BCUT2D eigenvalue weighted by atomic mass is 32.1. The molecule has 34 heavy (non-hydrogen) atoms. The minimum absolute atomic E-state index is 0.116. The van der Waals surface area contributed by atoms with Crippen molar-refractivity contribution in [1.29, 1.82) is 0 Å². The predicted molar refractivity (Wildman–Crippen MR) is 124 cm³/mol. The lowest BCUT2D eigenvalue weighted by molar-refractivity contribution is -0.176. The van der Waals surface area contributed by atoms with Crippen LogP contribution in [0.15, 0.2) is 29.6 Å². The summed E-state index contributed by atoms with van der Waals surface area (Å²) in [5, 5.41) is 24.2. The summed E-state index contributed by atoms with van der Waals surface area (Å²) in [4.78, 5) is 55.1. The van der Waals surface area contributed by atoms with Crippen LogP contribution in [0.4, 0.5) is 0 Å². The normalized spacial score (nSPS) is 32.8. The number of ketones is 3. The Labute approximate surface area is 200 Å². The van der Waals surface area contributed by atoms with E-state index in [-0.39, 0.29) is 17.7 Å². The van der Waals surface area contributed by atoms with E-state index in [0.29, 0.717) is 12.0 Å². The van der Waals surface area contributed by atoms with Gasteiger partial charge in [0, 0.05) is 17.2 Å². The zero-order valence-corrected chi connectivity index (χ0v) is 19.7. The van der Waals surface area contributed by atoms with Gasteiger partial charge in [-0.25, -0.2) is 0 Å². The Balaban J connectivity index is 1.63. The molecular formula is C25H26N2O6S. The molecule has 0 spiro atoms. The van der Waals surface area contributed by atoms with Gasteiger partial charge in [0.25, 0.3) is 0 Å². The number of carbonyl (C=O) groups excluding carboxylic acids is 4. The quantitative estimate of drug-likeness (QED) is 0.563. The minimum Gasteiger partial charge on any atom is -0.507 e. The van der Waals surface area contributed by atoms with Crippen LogP contribution in [-0.2, 0) is 20.8 Å². The molecule has 1 heterocycles. The summed E-state index contributed by atoms with van der Waals surface area (Å²) in [7, 11) is 3.33. The molecule has 1 aromatic heterocycles. The topological polar surface area (TPSA) is 138 Å². The monoisotopic (exact) mass is 482 g/mol. The third-order valence-corrected chi connectivity index (χ3v) is 8.76. The Kier molecular flexibility index (Phi) is 5.27. The lowest BCUT2D eigenvalue weighted by Crippen LogP contribution is -2.69. The average Bonchev–Trinajstić information content (AvgIpc) is 3.29. The van der Waals surface area contributed by atoms with Gasteiger partial charge in [-0.05, 0) is 67.6 Å². The van der Waals surface area contributed by atoms with Crippen molar-refractivity contribution in [2.75, 3.05) is 14.1 Å². The lowest BCUT2D eigenvalue weighted by Gasteiger charge is -2.53.